The molecule has 8 bridgehead atoms. The minimum absolute atomic E-state index is 1.11. The second kappa shape index (κ2) is 12.2. The summed E-state index contributed by atoms with van der Waals surface area (Å²) >= 11 is 1.86. The molecule has 0 unspecified atom stereocenters. The molecule has 3 aromatic heterocycles. The van der Waals surface area contributed by atoms with Crippen LogP contribution < -0.4 is 0 Å². The maximum atomic E-state index is 2.46. The standard InChI is InChI=1S/C52H33N3S/c1-2-15-37(16-3-1)53-38-17-8-13-35(29-38)36-14-9-18-39(30-36)54(41-25-28-52-47(32-41)46-31-40(53)24-27-51(46)56-52)42-23-26-45-44-20-6-7-21-49(44)55(50(45)33-42)48-22-10-12-34-11-4-5-19-43(34)48/h1-33H. The third-order valence-electron chi connectivity index (χ3n) is 11.4. The molecule has 0 fully saturated rings. The average molecular weight is 732 g/mol. The van der Waals surface area contributed by atoms with E-state index in [1.807, 2.05) is 11.3 Å². The fourth-order valence-electron chi connectivity index (χ4n) is 8.91. The highest BCUT2D eigenvalue weighted by Crippen LogP contribution is 2.39. The molecule has 0 amide bonds. The lowest BCUT2D eigenvalue weighted by atomic mass is 10.1. The Hall–Kier alpha value is -7.14. The maximum absolute atomic E-state index is 2.46. The van der Waals surface area contributed by atoms with Crippen LogP contribution in [0, 0.1) is 0 Å². The van der Waals surface area contributed by atoms with Gasteiger partial charge in [0.25, 0.3) is 0 Å². The first kappa shape index (κ1) is 31.2. The zero-order valence-corrected chi connectivity index (χ0v) is 31.1. The van der Waals surface area contributed by atoms with Crippen LogP contribution in [0.1, 0.15) is 0 Å². The summed E-state index contributed by atoms with van der Waals surface area (Å²) in [5, 5.41) is 9.80. The molecule has 0 spiro atoms. The van der Waals surface area contributed by atoms with E-state index in [1.165, 1.54) is 63.8 Å². The highest BCUT2D eigenvalue weighted by atomic mass is 32.1. The van der Waals surface area contributed by atoms with Gasteiger partial charge in [0.15, 0.2) is 0 Å². The van der Waals surface area contributed by atoms with Crippen molar-refractivity contribution in [2.75, 3.05) is 0 Å². The number of fused-ring (bicyclic) bond motifs is 11. The Morgan fingerprint density at radius 2 is 0.839 bits per heavy atom. The fraction of sp³-hybridized carbons (Fsp3) is 0. The molecule has 3 nitrogen and oxygen atoms in total. The molecule has 56 heavy (non-hydrogen) atoms. The van der Waals surface area contributed by atoms with Gasteiger partial charge in [0.05, 0.1) is 16.7 Å². The maximum Gasteiger partial charge on any atom is 0.0562 e. The third-order valence-corrected chi connectivity index (χ3v) is 12.6. The topological polar surface area (TPSA) is 14.8 Å². The minimum Gasteiger partial charge on any atom is -0.310 e. The zero-order valence-electron chi connectivity index (χ0n) is 30.3. The molecule has 0 saturated heterocycles. The van der Waals surface area contributed by atoms with Gasteiger partial charge in [-0.2, -0.15) is 0 Å². The van der Waals surface area contributed by atoms with E-state index in [1.54, 1.807) is 0 Å². The average Bonchev–Trinajstić information content (AvgIpc) is 3.79. The zero-order chi connectivity index (χ0) is 36.7. The van der Waals surface area contributed by atoms with Gasteiger partial charge in [-0.15, -0.1) is 11.3 Å². The molecule has 262 valence electrons. The van der Waals surface area contributed by atoms with Gasteiger partial charge >= 0.3 is 0 Å². The number of benzene rings is 9. The molecule has 0 radical (unpaired) electrons. The monoisotopic (exact) mass is 731 g/mol. The van der Waals surface area contributed by atoms with E-state index in [0.717, 1.165) is 38.8 Å². The number of hydrogen-bond donors (Lipinski definition) is 0. The molecule has 0 aliphatic rings. The Morgan fingerprint density at radius 3 is 1.57 bits per heavy atom. The summed E-state index contributed by atoms with van der Waals surface area (Å²) in [5.41, 5.74) is 10.3. The first-order chi connectivity index (χ1) is 27.7. The molecule has 0 aliphatic heterocycles. The highest BCUT2D eigenvalue weighted by molar-refractivity contribution is 7.25. The van der Waals surface area contributed by atoms with Gasteiger partial charge in [-0.3, -0.25) is 0 Å². The molecule has 0 atom stereocenters. The molecule has 0 saturated carbocycles. The van der Waals surface area contributed by atoms with Gasteiger partial charge in [0.1, 0.15) is 0 Å². The van der Waals surface area contributed by atoms with Gasteiger partial charge in [0, 0.05) is 69.8 Å². The van der Waals surface area contributed by atoms with E-state index >= 15 is 0 Å². The number of hydrogen-bond acceptors (Lipinski definition) is 1. The SMILES string of the molecule is c1ccc(-n2c3cccc(c3)c3cccc(c3)n(-c3ccc4c5ccccc5n(-c5cccc6ccccc56)c4c3)c3ccc4sc5ccc2cc5c4c3)cc1. The van der Waals surface area contributed by atoms with Crippen LogP contribution in [0.2, 0.25) is 0 Å². The van der Waals surface area contributed by atoms with Gasteiger partial charge in [-0.05, 0) is 113 Å². The smallest absolute Gasteiger partial charge is 0.0562 e. The second-order valence-electron chi connectivity index (χ2n) is 14.6. The largest absolute Gasteiger partial charge is 0.310 e. The van der Waals surface area contributed by atoms with E-state index < -0.39 is 0 Å². The van der Waals surface area contributed by atoms with Crippen molar-refractivity contribution in [2.45, 2.75) is 0 Å². The van der Waals surface area contributed by atoms with Crippen LogP contribution in [0.15, 0.2) is 200 Å². The van der Waals surface area contributed by atoms with Gasteiger partial charge in [-0.25, -0.2) is 0 Å². The molecular formula is C52H33N3S. The Balaban J connectivity index is 1.23. The summed E-state index contributed by atoms with van der Waals surface area (Å²) in [4.78, 5) is 0. The Bertz CT molecular complexity index is 3590. The van der Waals surface area contributed by atoms with Crippen molar-refractivity contribution in [1.82, 2.24) is 13.7 Å². The van der Waals surface area contributed by atoms with Crippen LogP contribution in [-0.2, 0) is 0 Å². The second-order valence-corrected chi connectivity index (χ2v) is 15.7. The van der Waals surface area contributed by atoms with E-state index in [-0.39, 0.29) is 0 Å². The van der Waals surface area contributed by atoms with Crippen LogP contribution in [0.25, 0.3) is 103 Å². The van der Waals surface area contributed by atoms with Crippen LogP contribution >= 0.6 is 11.3 Å². The Morgan fingerprint density at radius 1 is 0.286 bits per heavy atom. The summed E-state index contributed by atoms with van der Waals surface area (Å²) < 4.78 is 9.83. The summed E-state index contributed by atoms with van der Waals surface area (Å²) in [6.45, 7) is 0. The quantitative estimate of drug-likeness (QED) is 0.172. The summed E-state index contributed by atoms with van der Waals surface area (Å²) in [7, 11) is 0. The van der Waals surface area contributed by atoms with Crippen LogP contribution in [0.3, 0.4) is 0 Å². The normalized spacial score (nSPS) is 11.9. The first-order valence-electron chi connectivity index (χ1n) is 19.1. The lowest BCUT2D eigenvalue weighted by Crippen LogP contribution is -1.99. The van der Waals surface area contributed by atoms with E-state index in [2.05, 4.69) is 214 Å². The predicted octanol–water partition coefficient (Wildman–Crippen LogP) is 14.5. The Labute approximate surface area is 326 Å². The van der Waals surface area contributed by atoms with Crippen molar-refractivity contribution in [3.8, 4) is 17.1 Å². The van der Waals surface area contributed by atoms with Crippen molar-refractivity contribution in [3.05, 3.63) is 200 Å². The highest BCUT2D eigenvalue weighted by Gasteiger charge is 2.16. The molecule has 0 aliphatic carbocycles. The molecule has 4 heteroatoms. The molecule has 12 aromatic rings. The van der Waals surface area contributed by atoms with Crippen molar-refractivity contribution in [3.63, 3.8) is 0 Å². The van der Waals surface area contributed by atoms with E-state index in [9.17, 15) is 0 Å². The Kier molecular flexibility index (Phi) is 6.80. The number of nitrogens with zero attached hydrogens (tertiary/aromatic N) is 3. The number of rotatable bonds is 3. The molecule has 3 heterocycles. The van der Waals surface area contributed by atoms with Crippen molar-refractivity contribution < 1.29 is 0 Å². The molecular weight excluding hydrogens is 699 g/mol. The van der Waals surface area contributed by atoms with E-state index in [0.29, 0.717) is 0 Å². The van der Waals surface area contributed by atoms with Crippen LogP contribution in [0.4, 0.5) is 0 Å². The fourth-order valence-corrected chi connectivity index (χ4v) is 9.98. The summed E-state index contributed by atoms with van der Waals surface area (Å²) in [6, 6.07) is 73.7. The molecule has 9 aromatic carbocycles. The van der Waals surface area contributed by atoms with Crippen molar-refractivity contribution in [2.24, 2.45) is 0 Å². The van der Waals surface area contributed by atoms with Crippen molar-refractivity contribution >= 4 is 96.9 Å². The third kappa shape index (κ3) is 4.76. The first-order valence-corrected chi connectivity index (χ1v) is 19.9. The summed E-state index contributed by atoms with van der Waals surface area (Å²) in [6.07, 6.45) is 0. The number of thiophene rings is 1. The van der Waals surface area contributed by atoms with E-state index in [4.69, 9.17) is 0 Å². The van der Waals surface area contributed by atoms with Crippen molar-refractivity contribution in [1.29, 1.82) is 0 Å². The van der Waals surface area contributed by atoms with Crippen LogP contribution in [0.5, 0.6) is 0 Å². The van der Waals surface area contributed by atoms with Gasteiger partial charge in [0.2, 0.25) is 0 Å². The molecule has 0 N–H and O–H groups in total. The van der Waals surface area contributed by atoms with Gasteiger partial charge in [-0.1, -0.05) is 103 Å². The van der Waals surface area contributed by atoms with Gasteiger partial charge < -0.3 is 13.7 Å². The lowest BCUT2D eigenvalue weighted by molar-refractivity contribution is 1.15. The number of aromatic nitrogens is 3. The molecule has 12 rings (SSSR count). The predicted molar refractivity (Wildman–Crippen MR) is 240 cm³/mol. The van der Waals surface area contributed by atoms with Crippen LogP contribution in [-0.4, -0.2) is 13.7 Å². The lowest BCUT2D eigenvalue weighted by Gasteiger charge is -2.15. The number of para-hydroxylation sites is 2. The summed E-state index contributed by atoms with van der Waals surface area (Å²) in [5.74, 6) is 0. The minimum atomic E-state index is 1.11.